The summed E-state index contributed by atoms with van der Waals surface area (Å²) in [6, 6.07) is 0. The lowest BCUT2D eigenvalue weighted by Gasteiger charge is -2.01. The topological polar surface area (TPSA) is 22.1 Å². The number of ether oxygens (including phenoxy) is 1. The van der Waals surface area contributed by atoms with Crippen molar-refractivity contribution in [3.05, 3.63) is 16.1 Å². The molecule has 74 valence electrons. The second-order valence-corrected chi connectivity index (χ2v) is 4.64. The zero-order valence-electron chi connectivity index (χ0n) is 8.08. The maximum absolute atomic E-state index is 5.46. The van der Waals surface area contributed by atoms with Crippen LogP contribution in [0.25, 0.3) is 0 Å². The molecule has 0 atom stereocenters. The molecule has 0 aliphatic carbocycles. The van der Waals surface area contributed by atoms with Gasteiger partial charge in [-0.3, -0.25) is 0 Å². The molecule has 4 heteroatoms. The van der Waals surface area contributed by atoms with Crippen molar-refractivity contribution in [2.45, 2.75) is 13.3 Å². The summed E-state index contributed by atoms with van der Waals surface area (Å²) in [7, 11) is 0. The number of hydrogen-bond donors (Lipinski definition) is 0. The van der Waals surface area contributed by atoms with Crippen LogP contribution in [0.2, 0.25) is 0 Å². The lowest BCUT2D eigenvalue weighted by molar-refractivity contribution is 0.154. The van der Waals surface area contributed by atoms with Gasteiger partial charge in [-0.15, -0.1) is 11.3 Å². The fourth-order valence-corrected chi connectivity index (χ4v) is 2.02. The molecule has 1 aromatic heterocycles. The molecule has 0 aliphatic heterocycles. The molecule has 0 spiro atoms. The largest absolute Gasteiger partial charge is 0.380 e. The molecule has 1 heterocycles. The van der Waals surface area contributed by atoms with E-state index in [1.54, 1.807) is 11.3 Å². The monoisotopic (exact) mass is 217 g/mol. The molecular formula is C9H15NOS2. The minimum Gasteiger partial charge on any atom is -0.380 e. The Morgan fingerprint density at radius 2 is 2.38 bits per heavy atom. The molecule has 0 radical (unpaired) electrons. The van der Waals surface area contributed by atoms with Crippen LogP contribution >= 0.6 is 23.1 Å². The molecule has 2 nitrogen and oxygen atoms in total. The van der Waals surface area contributed by atoms with Crippen LogP contribution in [0.1, 0.15) is 10.6 Å². The first-order valence-electron chi connectivity index (χ1n) is 4.30. The van der Waals surface area contributed by atoms with E-state index in [9.17, 15) is 0 Å². The minimum atomic E-state index is 0.823. The molecule has 0 bridgehead atoms. The van der Waals surface area contributed by atoms with Gasteiger partial charge in [-0.1, -0.05) is 0 Å². The summed E-state index contributed by atoms with van der Waals surface area (Å²) in [6.45, 7) is 3.73. The van der Waals surface area contributed by atoms with Crippen LogP contribution in [-0.4, -0.2) is 30.2 Å². The summed E-state index contributed by atoms with van der Waals surface area (Å²) < 4.78 is 5.46. The van der Waals surface area contributed by atoms with Gasteiger partial charge >= 0.3 is 0 Å². The summed E-state index contributed by atoms with van der Waals surface area (Å²) in [5.41, 5.74) is 3.05. The van der Waals surface area contributed by atoms with E-state index in [1.807, 2.05) is 24.2 Å². The van der Waals surface area contributed by atoms with Crippen molar-refractivity contribution >= 4 is 23.1 Å². The third-order valence-corrected chi connectivity index (χ3v) is 3.32. The van der Waals surface area contributed by atoms with E-state index in [1.165, 1.54) is 4.88 Å². The molecule has 13 heavy (non-hydrogen) atoms. The van der Waals surface area contributed by atoms with E-state index in [-0.39, 0.29) is 0 Å². The van der Waals surface area contributed by atoms with E-state index in [4.69, 9.17) is 4.74 Å². The van der Waals surface area contributed by atoms with Gasteiger partial charge in [0.2, 0.25) is 0 Å². The van der Waals surface area contributed by atoms with Crippen molar-refractivity contribution < 1.29 is 4.74 Å². The average Bonchev–Trinajstić information content (AvgIpc) is 2.52. The number of thioether (sulfide) groups is 1. The fourth-order valence-electron chi connectivity index (χ4n) is 0.975. The van der Waals surface area contributed by atoms with Crippen LogP contribution in [0.5, 0.6) is 0 Å². The first-order chi connectivity index (χ1) is 6.34. The molecule has 0 saturated heterocycles. The van der Waals surface area contributed by atoms with Gasteiger partial charge in [0.15, 0.2) is 0 Å². The Balaban J connectivity index is 2.10. The van der Waals surface area contributed by atoms with Crippen molar-refractivity contribution in [3.63, 3.8) is 0 Å². The lowest BCUT2D eigenvalue weighted by atomic mass is 10.3. The molecule has 0 unspecified atom stereocenters. The minimum absolute atomic E-state index is 0.823. The van der Waals surface area contributed by atoms with Gasteiger partial charge in [0.25, 0.3) is 0 Å². The highest BCUT2D eigenvalue weighted by atomic mass is 32.2. The SMILES string of the molecule is CSCCOCCc1scnc1C. The van der Waals surface area contributed by atoms with E-state index in [0.717, 1.165) is 31.1 Å². The zero-order valence-corrected chi connectivity index (χ0v) is 9.71. The van der Waals surface area contributed by atoms with Crippen LogP contribution in [0.4, 0.5) is 0 Å². The van der Waals surface area contributed by atoms with Crippen molar-refractivity contribution in [2.75, 3.05) is 25.2 Å². The van der Waals surface area contributed by atoms with Crippen molar-refractivity contribution in [1.29, 1.82) is 0 Å². The van der Waals surface area contributed by atoms with Gasteiger partial charge < -0.3 is 4.74 Å². The fraction of sp³-hybridized carbons (Fsp3) is 0.667. The van der Waals surface area contributed by atoms with Gasteiger partial charge in [0, 0.05) is 17.1 Å². The van der Waals surface area contributed by atoms with Crippen molar-refractivity contribution in [2.24, 2.45) is 0 Å². The van der Waals surface area contributed by atoms with Gasteiger partial charge in [0.1, 0.15) is 0 Å². The molecule has 0 saturated carbocycles. The normalized spacial score (nSPS) is 10.6. The molecule has 0 aromatic carbocycles. The maximum Gasteiger partial charge on any atom is 0.0797 e. The third-order valence-electron chi connectivity index (χ3n) is 1.75. The standard InChI is InChI=1S/C9H15NOS2/c1-8-9(13-7-10-8)3-4-11-5-6-12-2/h7H,3-6H2,1-2H3. The number of rotatable bonds is 6. The van der Waals surface area contributed by atoms with Crippen LogP contribution in [0.15, 0.2) is 5.51 Å². The molecule has 1 rings (SSSR count). The summed E-state index contributed by atoms with van der Waals surface area (Å²) in [5, 5.41) is 0. The second-order valence-electron chi connectivity index (χ2n) is 2.72. The predicted molar refractivity (Wildman–Crippen MR) is 59.8 cm³/mol. The quantitative estimate of drug-likeness (QED) is 0.683. The highest BCUT2D eigenvalue weighted by Crippen LogP contribution is 2.12. The van der Waals surface area contributed by atoms with E-state index in [0.29, 0.717) is 0 Å². The summed E-state index contributed by atoms with van der Waals surface area (Å²) in [5.74, 6) is 1.08. The number of aromatic nitrogens is 1. The van der Waals surface area contributed by atoms with Gasteiger partial charge in [-0.2, -0.15) is 11.8 Å². The first-order valence-corrected chi connectivity index (χ1v) is 6.57. The number of aryl methyl sites for hydroxylation is 1. The summed E-state index contributed by atoms with van der Waals surface area (Å²) >= 11 is 3.53. The Hall–Kier alpha value is -0.0600. The lowest BCUT2D eigenvalue weighted by Crippen LogP contribution is -2.01. The maximum atomic E-state index is 5.46. The van der Waals surface area contributed by atoms with E-state index < -0.39 is 0 Å². The molecule has 0 amide bonds. The molecular weight excluding hydrogens is 202 g/mol. The van der Waals surface area contributed by atoms with Crippen LogP contribution in [-0.2, 0) is 11.2 Å². The van der Waals surface area contributed by atoms with Gasteiger partial charge in [-0.05, 0) is 13.2 Å². The molecule has 1 aromatic rings. The Kier molecular flexibility index (Phi) is 5.43. The van der Waals surface area contributed by atoms with Crippen LogP contribution in [0, 0.1) is 6.92 Å². The van der Waals surface area contributed by atoms with E-state index in [2.05, 4.69) is 11.2 Å². The highest BCUT2D eigenvalue weighted by molar-refractivity contribution is 7.98. The predicted octanol–water partition coefficient (Wildman–Crippen LogP) is 2.37. The Bertz CT molecular complexity index is 237. The Labute approximate surface area is 87.7 Å². The van der Waals surface area contributed by atoms with Crippen LogP contribution < -0.4 is 0 Å². The zero-order chi connectivity index (χ0) is 9.52. The Morgan fingerprint density at radius 3 is 3.00 bits per heavy atom. The first kappa shape index (κ1) is 11.0. The second kappa shape index (κ2) is 6.40. The number of hydrogen-bond acceptors (Lipinski definition) is 4. The Morgan fingerprint density at radius 1 is 1.54 bits per heavy atom. The molecule has 0 N–H and O–H groups in total. The summed E-state index contributed by atoms with van der Waals surface area (Å²) in [6.07, 6.45) is 3.10. The number of nitrogens with zero attached hydrogens (tertiary/aromatic N) is 1. The highest BCUT2D eigenvalue weighted by Gasteiger charge is 2.00. The summed E-state index contributed by atoms with van der Waals surface area (Å²) in [4.78, 5) is 5.54. The number of thiazole rings is 1. The van der Waals surface area contributed by atoms with Gasteiger partial charge in [-0.25, -0.2) is 4.98 Å². The van der Waals surface area contributed by atoms with Crippen molar-refractivity contribution in [3.8, 4) is 0 Å². The van der Waals surface area contributed by atoms with E-state index >= 15 is 0 Å². The third kappa shape index (κ3) is 4.11. The molecule has 0 fully saturated rings. The van der Waals surface area contributed by atoms with Crippen LogP contribution in [0.3, 0.4) is 0 Å². The van der Waals surface area contributed by atoms with Gasteiger partial charge in [0.05, 0.1) is 24.4 Å². The average molecular weight is 217 g/mol. The van der Waals surface area contributed by atoms with Crippen molar-refractivity contribution in [1.82, 2.24) is 4.98 Å². The smallest absolute Gasteiger partial charge is 0.0797 e. The molecule has 0 aliphatic rings.